The average Bonchev–Trinajstić information content (AvgIpc) is 2.48. The van der Waals surface area contributed by atoms with Gasteiger partial charge < -0.3 is 19.5 Å². The summed E-state index contributed by atoms with van der Waals surface area (Å²) in [6.07, 6.45) is 0.656. The van der Waals surface area contributed by atoms with Gasteiger partial charge in [0.2, 0.25) is 0 Å². The van der Waals surface area contributed by atoms with E-state index in [1.165, 1.54) is 6.07 Å². The number of benzene rings is 1. The summed E-state index contributed by atoms with van der Waals surface area (Å²) in [4.78, 5) is 12.9. The topological polar surface area (TPSA) is 79.2 Å². The molecule has 0 saturated carbocycles. The summed E-state index contributed by atoms with van der Waals surface area (Å²) in [6, 6.07) is 4.59. The first-order valence-electron chi connectivity index (χ1n) is 6.59. The van der Waals surface area contributed by atoms with Crippen LogP contribution in [0.15, 0.2) is 18.2 Å². The minimum absolute atomic E-state index is 0.205. The SMILES string of the molecule is O=Cc1ccc(OCCN2CCOCC2)c(B(O)O)c1. The molecule has 0 radical (unpaired) electrons. The summed E-state index contributed by atoms with van der Waals surface area (Å²) < 4.78 is 10.8. The number of ether oxygens (including phenoxy) is 2. The maximum absolute atomic E-state index is 10.7. The van der Waals surface area contributed by atoms with Crippen molar-refractivity contribution in [1.29, 1.82) is 0 Å². The molecule has 1 aliphatic rings. The van der Waals surface area contributed by atoms with Crippen LogP contribution in [0, 0.1) is 0 Å². The molecular weight excluding hydrogens is 261 g/mol. The molecule has 0 atom stereocenters. The molecule has 1 aliphatic heterocycles. The van der Waals surface area contributed by atoms with E-state index in [4.69, 9.17) is 9.47 Å². The van der Waals surface area contributed by atoms with E-state index in [0.29, 0.717) is 24.2 Å². The number of aldehydes is 1. The van der Waals surface area contributed by atoms with Gasteiger partial charge in [-0.05, 0) is 18.2 Å². The number of morpholine rings is 1. The Labute approximate surface area is 118 Å². The van der Waals surface area contributed by atoms with Crippen molar-refractivity contribution in [3.05, 3.63) is 23.8 Å². The van der Waals surface area contributed by atoms with Crippen LogP contribution in [0.1, 0.15) is 10.4 Å². The highest BCUT2D eigenvalue weighted by Gasteiger charge is 2.18. The number of hydrogen-bond donors (Lipinski definition) is 2. The molecular formula is C13H18BNO5. The number of carbonyl (C=O) groups excluding carboxylic acids is 1. The maximum Gasteiger partial charge on any atom is 0.492 e. The van der Waals surface area contributed by atoms with Gasteiger partial charge in [0.05, 0.1) is 13.2 Å². The molecule has 0 spiro atoms. The number of carbonyl (C=O) groups is 1. The van der Waals surface area contributed by atoms with E-state index in [2.05, 4.69) is 4.90 Å². The molecule has 20 heavy (non-hydrogen) atoms. The van der Waals surface area contributed by atoms with Crippen LogP contribution in [0.2, 0.25) is 0 Å². The number of hydrogen-bond acceptors (Lipinski definition) is 6. The Hall–Kier alpha value is -1.41. The van der Waals surface area contributed by atoms with Gasteiger partial charge in [-0.1, -0.05) is 0 Å². The predicted molar refractivity (Wildman–Crippen MR) is 74.4 cm³/mol. The highest BCUT2D eigenvalue weighted by molar-refractivity contribution is 6.59. The molecule has 0 unspecified atom stereocenters. The molecule has 1 saturated heterocycles. The molecule has 108 valence electrons. The number of nitrogens with zero attached hydrogens (tertiary/aromatic N) is 1. The molecule has 1 aromatic carbocycles. The van der Waals surface area contributed by atoms with Gasteiger partial charge in [0, 0.05) is 30.7 Å². The minimum Gasteiger partial charge on any atom is -0.493 e. The van der Waals surface area contributed by atoms with Crippen molar-refractivity contribution in [1.82, 2.24) is 4.90 Å². The van der Waals surface area contributed by atoms with Gasteiger partial charge in [-0.3, -0.25) is 9.69 Å². The monoisotopic (exact) mass is 279 g/mol. The van der Waals surface area contributed by atoms with E-state index < -0.39 is 7.12 Å². The minimum atomic E-state index is -1.66. The molecule has 2 rings (SSSR count). The Morgan fingerprint density at radius 3 is 2.75 bits per heavy atom. The fourth-order valence-corrected chi connectivity index (χ4v) is 2.08. The van der Waals surface area contributed by atoms with Crippen molar-refractivity contribution in [3.63, 3.8) is 0 Å². The van der Waals surface area contributed by atoms with E-state index in [-0.39, 0.29) is 5.46 Å². The summed E-state index contributed by atoms with van der Waals surface area (Å²) in [6.45, 7) is 4.41. The first-order valence-corrected chi connectivity index (χ1v) is 6.59. The lowest BCUT2D eigenvalue weighted by atomic mass is 9.79. The Kier molecular flexibility index (Phi) is 5.54. The van der Waals surface area contributed by atoms with E-state index in [1.807, 2.05) is 0 Å². The van der Waals surface area contributed by atoms with Crippen molar-refractivity contribution >= 4 is 18.9 Å². The van der Waals surface area contributed by atoms with Crippen LogP contribution >= 0.6 is 0 Å². The zero-order valence-corrected chi connectivity index (χ0v) is 11.2. The van der Waals surface area contributed by atoms with Crippen molar-refractivity contribution in [2.45, 2.75) is 0 Å². The smallest absolute Gasteiger partial charge is 0.492 e. The summed E-state index contributed by atoms with van der Waals surface area (Å²) >= 11 is 0. The molecule has 0 bridgehead atoms. The normalized spacial score (nSPS) is 15.9. The van der Waals surface area contributed by atoms with Gasteiger partial charge in [-0.25, -0.2) is 0 Å². The van der Waals surface area contributed by atoms with Gasteiger partial charge in [-0.15, -0.1) is 0 Å². The quantitative estimate of drug-likeness (QED) is 0.508. The largest absolute Gasteiger partial charge is 0.493 e. The fourth-order valence-electron chi connectivity index (χ4n) is 2.08. The lowest BCUT2D eigenvalue weighted by molar-refractivity contribution is 0.0323. The third-order valence-corrected chi connectivity index (χ3v) is 3.22. The predicted octanol–water partition coefficient (Wildman–Crippen LogP) is -1.11. The molecule has 1 heterocycles. The second-order valence-corrected chi connectivity index (χ2v) is 4.59. The van der Waals surface area contributed by atoms with Crippen LogP contribution in [-0.4, -0.2) is 67.8 Å². The first-order chi connectivity index (χ1) is 9.70. The third kappa shape index (κ3) is 4.04. The van der Waals surface area contributed by atoms with Gasteiger partial charge in [0.15, 0.2) is 0 Å². The van der Waals surface area contributed by atoms with E-state index in [9.17, 15) is 14.8 Å². The van der Waals surface area contributed by atoms with E-state index in [0.717, 1.165) is 32.8 Å². The lowest BCUT2D eigenvalue weighted by Gasteiger charge is -2.26. The van der Waals surface area contributed by atoms with Crippen LogP contribution in [0.5, 0.6) is 5.75 Å². The summed E-state index contributed by atoms with van der Waals surface area (Å²) in [5.74, 6) is 0.388. The molecule has 0 amide bonds. The van der Waals surface area contributed by atoms with Gasteiger partial charge in [-0.2, -0.15) is 0 Å². The lowest BCUT2D eigenvalue weighted by Crippen LogP contribution is -2.39. The van der Waals surface area contributed by atoms with Gasteiger partial charge in [0.25, 0.3) is 0 Å². The molecule has 1 fully saturated rings. The Balaban J connectivity index is 1.92. The van der Waals surface area contributed by atoms with Crippen molar-refractivity contribution in [2.24, 2.45) is 0 Å². The number of rotatable bonds is 6. The highest BCUT2D eigenvalue weighted by atomic mass is 16.5. The molecule has 0 aromatic heterocycles. The van der Waals surface area contributed by atoms with Crippen LogP contribution in [0.4, 0.5) is 0 Å². The highest BCUT2D eigenvalue weighted by Crippen LogP contribution is 2.10. The Morgan fingerprint density at radius 1 is 1.35 bits per heavy atom. The van der Waals surface area contributed by atoms with Crippen LogP contribution in [0.3, 0.4) is 0 Å². The molecule has 2 N–H and O–H groups in total. The van der Waals surface area contributed by atoms with Crippen LogP contribution < -0.4 is 10.2 Å². The van der Waals surface area contributed by atoms with Crippen LogP contribution in [-0.2, 0) is 4.74 Å². The van der Waals surface area contributed by atoms with Gasteiger partial charge >= 0.3 is 7.12 Å². The zero-order chi connectivity index (χ0) is 14.4. The fraction of sp³-hybridized carbons (Fsp3) is 0.462. The zero-order valence-electron chi connectivity index (χ0n) is 11.2. The first kappa shape index (κ1) is 15.0. The van der Waals surface area contributed by atoms with Crippen LogP contribution in [0.25, 0.3) is 0 Å². The molecule has 1 aromatic rings. The molecule has 6 nitrogen and oxygen atoms in total. The Bertz CT molecular complexity index is 448. The molecule has 7 heteroatoms. The standard InChI is InChI=1S/C13H18BNO5/c16-10-11-1-2-13(12(9-11)14(17)18)20-8-5-15-3-6-19-7-4-15/h1-2,9-10,17-18H,3-8H2. The summed E-state index contributed by atoms with van der Waals surface area (Å²) in [5.41, 5.74) is 0.588. The summed E-state index contributed by atoms with van der Waals surface area (Å²) in [5, 5.41) is 18.6. The van der Waals surface area contributed by atoms with Crippen molar-refractivity contribution in [3.8, 4) is 5.75 Å². The maximum atomic E-state index is 10.7. The second-order valence-electron chi connectivity index (χ2n) is 4.59. The second kappa shape index (κ2) is 7.40. The third-order valence-electron chi connectivity index (χ3n) is 3.22. The van der Waals surface area contributed by atoms with Gasteiger partial charge in [0.1, 0.15) is 18.6 Å². The van der Waals surface area contributed by atoms with Crippen molar-refractivity contribution in [2.75, 3.05) is 39.5 Å². The van der Waals surface area contributed by atoms with Crippen molar-refractivity contribution < 1.29 is 24.3 Å². The van der Waals surface area contributed by atoms with E-state index in [1.54, 1.807) is 12.1 Å². The summed E-state index contributed by atoms with van der Waals surface area (Å²) in [7, 11) is -1.66. The molecule has 0 aliphatic carbocycles. The Morgan fingerprint density at radius 2 is 2.10 bits per heavy atom. The average molecular weight is 279 g/mol. The van der Waals surface area contributed by atoms with E-state index >= 15 is 0 Å².